The van der Waals surface area contributed by atoms with Gasteiger partial charge in [-0.1, -0.05) is 13.8 Å². The van der Waals surface area contributed by atoms with Crippen molar-refractivity contribution in [3.8, 4) is 0 Å². The first-order valence-corrected chi connectivity index (χ1v) is 6.91. The van der Waals surface area contributed by atoms with E-state index < -0.39 is 10.8 Å². The van der Waals surface area contributed by atoms with Gasteiger partial charge in [0, 0.05) is 24.3 Å². The highest BCUT2D eigenvalue weighted by Gasteiger charge is 2.28. The molecule has 7 nitrogen and oxygen atoms in total. The van der Waals surface area contributed by atoms with Gasteiger partial charge in [-0.05, 0) is 25.0 Å². The summed E-state index contributed by atoms with van der Waals surface area (Å²) in [6.45, 7) is 3.80. The number of carbonyl (C=O) groups excluding carboxylic acids is 1. The summed E-state index contributed by atoms with van der Waals surface area (Å²) in [4.78, 5) is 24.6. The Labute approximate surface area is 123 Å². The number of carbonyl (C=O) groups is 1. The van der Waals surface area contributed by atoms with Gasteiger partial charge in [0.1, 0.15) is 5.56 Å². The van der Waals surface area contributed by atoms with Gasteiger partial charge < -0.3 is 15.7 Å². The molecule has 0 saturated carbocycles. The largest absolute Gasteiger partial charge is 0.399 e. The molecule has 0 bridgehead atoms. The van der Waals surface area contributed by atoms with E-state index in [4.69, 9.17) is 10.8 Å². The zero-order valence-corrected chi connectivity index (χ0v) is 12.3. The van der Waals surface area contributed by atoms with Crippen LogP contribution in [0, 0.1) is 10.1 Å². The Hall–Kier alpha value is -2.15. The summed E-state index contributed by atoms with van der Waals surface area (Å²) in [5.74, 6) is -0.475. The van der Waals surface area contributed by atoms with E-state index in [1.165, 1.54) is 23.1 Å². The quantitative estimate of drug-likeness (QED) is 0.453. The number of benzene rings is 1. The van der Waals surface area contributed by atoms with Crippen LogP contribution in [-0.4, -0.2) is 40.0 Å². The van der Waals surface area contributed by atoms with Crippen LogP contribution in [0.2, 0.25) is 0 Å². The molecule has 0 aromatic heterocycles. The van der Waals surface area contributed by atoms with Crippen LogP contribution >= 0.6 is 0 Å². The van der Waals surface area contributed by atoms with Crippen LogP contribution in [0.4, 0.5) is 11.4 Å². The van der Waals surface area contributed by atoms with E-state index in [1.54, 1.807) is 0 Å². The van der Waals surface area contributed by atoms with Gasteiger partial charge >= 0.3 is 0 Å². The maximum Gasteiger partial charge on any atom is 0.282 e. The highest BCUT2D eigenvalue weighted by Crippen LogP contribution is 2.24. The van der Waals surface area contributed by atoms with Crippen molar-refractivity contribution in [1.29, 1.82) is 0 Å². The van der Waals surface area contributed by atoms with Gasteiger partial charge in [-0.3, -0.25) is 14.9 Å². The smallest absolute Gasteiger partial charge is 0.282 e. The molecule has 0 heterocycles. The highest BCUT2D eigenvalue weighted by atomic mass is 16.6. The molecule has 0 radical (unpaired) electrons. The summed E-state index contributed by atoms with van der Waals surface area (Å²) >= 11 is 0. The molecule has 3 N–H and O–H groups in total. The summed E-state index contributed by atoms with van der Waals surface area (Å²) in [6, 6.07) is 3.85. The number of hydrogen-bond acceptors (Lipinski definition) is 5. The first-order valence-electron chi connectivity index (χ1n) is 6.91. The summed E-state index contributed by atoms with van der Waals surface area (Å²) in [6.07, 6.45) is 1.41. The zero-order chi connectivity index (χ0) is 16.0. The second-order valence-corrected chi connectivity index (χ2v) is 4.73. The Kier molecular flexibility index (Phi) is 6.10. The maximum absolute atomic E-state index is 12.6. The molecule has 7 heteroatoms. The van der Waals surface area contributed by atoms with E-state index in [1.807, 2.05) is 13.8 Å². The molecule has 1 amide bonds. The van der Waals surface area contributed by atoms with Crippen LogP contribution in [0.1, 0.15) is 37.0 Å². The number of aliphatic hydroxyl groups is 1. The molecule has 0 spiro atoms. The van der Waals surface area contributed by atoms with E-state index in [9.17, 15) is 14.9 Å². The number of hydrogen-bond donors (Lipinski definition) is 2. The monoisotopic (exact) mass is 295 g/mol. The molecule has 0 fully saturated rings. The molecule has 0 unspecified atom stereocenters. The van der Waals surface area contributed by atoms with Crippen LogP contribution in [0.25, 0.3) is 0 Å². The van der Waals surface area contributed by atoms with E-state index >= 15 is 0 Å². The molecule has 1 aromatic rings. The molecule has 1 rings (SSSR count). The van der Waals surface area contributed by atoms with Crippen molar-refractivity contribution < 1.29 is 14.8 Å². The molecular weight excluding hydrogens is 274 g/mol. The van der Waals surface area contributed by atoms with Crippen LogP contribution in [0.15, 0.2) is 18.2 Å². The number of nitrogens with zero attached hydrogens (tertiary/aromatic N) is 2. The second kappa shape index (κ2) is 7.58. The van der Waals surface area contributed by atoms with E-state index in [0.717, 1.165) is 0 Å². The molecule has 0 aliphatic carbocycles. The Morgan fingerprint density at radius 1 is 1.43 bits per heavy atom. The average molecular weight is 295 g/mol. The fourth-order valence-electron chi connectivity index (χ4n) is 2.33. The lowest BCUT2D eigenvalue weighted by Crippen LogP contribution is -2.41. The van der Waals surface area contributed by atoms with Gasteiger partial charge in [0.15, 0.2) is 0 Å². The van der Waals surface area contributed by atoms with Crippen LogP contribution < -0.4 is 5.73 Å². The molecule has 0 saturated heterocycles. The van der Waals surface area contributed by atoms with Crippen molar-refractivity contribution in [1.82, 2.24) is 4.90 Å². The highest BCUT2D eigenvalue weighted by molar-refractivity contribution is 5.99. The van der Waals surface area contributed by atoms with Crippen molar-refractivity contribution in [3.05, 3.63) is 33.9 Å². The van der Waals surface area contributed by atoms with E-state index in [0.29, 0.717) is 12.8 Å². The molecule has 1 aromatic carbocycles. The minimum absolute atomic E-state index is 0.0413. The average Bonchev–Trinajstić information content (AvgIpc) is 2.46. The van der Waals surface area contributed by atoms with Gasteiger partial charge in [0.2, 0.25) is 0 Å². The number of rotatable bonds is 7. The third-order valence-corrected chi connectivity index (χ3v) is 3.43. The lowest BCUT2D eigenvalue weighted by atomic mass is 10.1. The number of nitrogen functional groups attached to an aromatic ring is 1. The zero-order valence-electron chi connectivity index (χ0n) is 12.3. The fraction of sp³-hybridized carbons (Fsp3) is 0.500. The first kappa shape index (κ1) is 16.9. The molecule has 0 aliphatic heterocycles. The van der Waals surface area contributed by atoms with Crippen molar-refractivity contribution in [2.24, 2.45) is 0 Å². The summed E-state index contributed by atoms with van der Waals surface area (Å²) < 4.78 is 0. The van der Waals surface area contributed by atoms with Crippen molar-refractivity contribution in [3.63, 3.8) is 0 Å². The third-order valence-electron chi connectivity index (χ3n) is 3.43. The number of nitro groups is 1. The Morgan fingerprint density at radius 2 is 2.05 bits per heavy atom. The number of nitro benzene ring substituents is 1. The maximum atomic E-state index is 12.6. The standard InChI is InChI=1S/C14H21N3O4/c1-3-11(4-2)16(7-8-18)14(19)12-9-10(15)5-6-13(12)17(20)21/h5-6,9,11,18H,3-4,7-8,15H2,1-2H3. The van der Waals surface area contributed by atoms with Crippen molar-refractivity contribution in [2.45, 2.75) is 32.7 Å². The molecule has 0 aliphatic rings. The Balaban J connectivity index is 3.25. The number of aliphatic hydroxyl groups excluding tert-OH is 1. The minimum Gasteiger partial charge on any atom is -0.399 e. The van der Waals surface area contributed by atoms with Gasteiger partial charge in [0.25, 0.3) is 11.6 Å². The molecule has 0 atom stereocenters. The lowest BCUT2D eigenvalue weighted by molar-refractivity contribution is -0.385. The van der Waals surface area contributed by atoms with Crippen molar-refractivity contribution >= 4 is 17.3 Å². The summed E-state index contributed by atoms with van der Waals surface area (Å²) in [5.41, 5.74) is 5.61. The fourth-order valence-corrected chi connectivity index (χ4v) is 2.33. The SMILES string of the molecule is CCC(CC)N(CCO)C(=O)c1cc(N)ccc1[N+](=O)[O-]. The second-order valence-electron chi connectivity index (χ2n) is 4.73. The van der Waals surface area contributed by atoms with Crippen LogP contribution in [0.3, 0.4) is 0 Å². The lowest BCUT2D eigenvalue weighted by Gasteiger charge is -2.30. The van der Waals surface area contributed by atoms with Gasteiger partial charge in [-0.25, -0.2) is 0 Å². The summed E-state index contributed by atoms with van der Waals surface area (Å²) in [5, 5.41) is 20.2. The van der Waals surface area contributed by atoms with E-state index in [-0.39, 0.29) is 36.1 Å². The van der Waals surface area contributed by atoms with E-state index in [2.05, 4.69) is 0 Å². The van der Waals surface area contributed by atoms with Crippen LogP contribution in [-0.2, 0) is 0 Å². The normalized spacial score (nSPS) is 10.7. The topological polar surface area (TPSA) is 110 Å². The van der Waals surface area contributed by atoms with Gasteiger partial charge in [-0.2, -0.15) is 0 Å². The Morgan fingerprint density at radius 3 is 2.52 bits per heavy atom. The molecular formula is C14H21N3O4. The number of nitrogens with two attached hydrogens (primary N) is 1. The predicted molar refractivity (Wildman–Crippen MR) is 80.0 cm³/mol. The van der Waals surface area contributed by atoms with Gasteiger partial charge in [-0.15, -0.1) is 0 Å². The number of amides is 1. The van der Waals surface area contributed by atoms with Crippen LogP contribution in [0.5, 0.6) is 0 Å². The third kappa shape index (κ3) is 3.91. The molecule has 21 heavy (non-hydrogen) atoms. The predicted octanol–water partition coefficient (Wildman–Crippen LogP) is 1.80. The first-order chi connectivity index (χ1) is 9.96. The molecule has 116 valence electrons. The number of anilines is 1. The van der Waals surface area contributed by atoms with Gasteiger partial charge in [0.05, 0.1) is 11.5 Å². The van der Waals surface area contributed by atoms with Crippen molar-refractivity contribution in [2.75, 3.05) is 18.9 Å². The minimum atomic E-state index is -0.600. The Bertz CT molecular complexity index is 515. The summed E-state index contributed by atoms with van der Waals surface area (Å²) in [7, 11) is 0.